The lowest BCUT2D eigenvalue weighted by molar-refractivity contribution is 0.340. The summed E-state index contributed by atoms with van der Waals surface area (Å²) in [6, 6.07) is 8.31. The van der Waals surface area contributed by atoms with E-state index in [0.29, 0.717) is 13.2 Å². The molecule has 108 valence electrons. The van der Waals surface area contributed by atoms with Crippen LogP contribution in [-0.4, -0.2) is 32.3 Å². The van der Waals surface area contributed by atoms with Gasteiger partial charge in [-0.1, -0.05) is 26.0 Å². The van der Waals surface area contributed by atoms with Crippen molar-refractivity contribution >= 4 is 0 Å². The minimum absolute atomic E-state index is 0.0242. The minimum Gasteiger partial charge on any atom is -0.494 e. The molecule has 0 aliphatic carbocycles. The topological polar surface area (TPSA) is 73.3 Å². The van der Waals surface area contributed by atoms with Crippen LogP contribution in [0.15, 0.2) is 24.3 Å². The number of ether oxygens (including phenoxy) is 1. The van der Waals surface area contributed by atoms with E-state index in [1.165, 1.54) is 5.56 Å². The maximum Gasteiger partial charge on any atom is 0.119 e. The molecule has 1 aromatic rings. The molecular weight excluding hydrogens is 238 g/mol. The van der Waals surface area contributed by atoms with E-state index in [4.69, 9.17) is 16.2 Å². The Kier molecular flexibility index (Phi) is 6.28. The Morgan fingerprint density at radius 2 is 1.89 bits per heavy atom. The summed E-state index contributed by atoms with van der Waals surface area (Å²) >= 11 is 0. The molecule has 19 heavy (non-hydrogen) atoms. The summed E-state index contributed by atoms with van der Waals surface area (Å²) in [5.74, 6) is 0.917. The van der Waals surface area contributed by atoms with Crippen molar-refractivity contribution in [3.05, 3.63) is 29.8 Å². The SMILES string of the molecule is CCOc1ccc(C(C)(C)CNCC(N)CN)cc1. The van der Waals surface area contributed by atoms with E-state index in [1.54, 1.807) is 0 Å². The van der Waals surface area contributed by atoms with Crippen molar-refractivity contribution < 1.29 is 4.74 Å². The monoisotopic (exact) mass is 265 g/mol. The Labute approximate surface area is 116 Å². The molecule has 0 spiro atoms. The maximum absolute atomic E-state index is 5.79. The first kappa shape index (κ1) is 16.0. The zero-order valence-electron chi connectivity index (χ0n) is 12.3. The van der Waals surface area contributed by atoms with Crippen LogP contribution >= 0.6 is 0 Å². The lowest BCUT2D eigenvalue weighted by atomic mass is 9.84. The summed E-state index contributed by atoms with van der Waals surface area (Å²) in [5, 5.41) is 3.38. The Balaban J connectivity index is 2.55. The Hall–Kier alpha value is -1.10. The third-order valence-electron chi connectivity index (χ3n) is 3.22. The van der Waals surface area contributed by atoms with Gasteiger partial charge in [0.2, 0.25) is 0 Å². The molecule has 0 heterocycles. The van der Waals surface area contributed by atoms with E-state index in [9.17, 15) is 0 Å². The van der Waals surface area contributed by atoms with Crippen LogP contribution in [0, 0.1) is 0 Å². The van der Waals surface area contributed by atoms with Crippen molar-refractivity contribution in [1.29, 1.82) is 0 Å². The van der Waals surface area contributed by atoms with Crippen LogP contribution in [0.5, 0.6) is 5.75 Å². The smallest absolute Gasteiger partial charge is 0.119 e. The Morgan fingerprint density at radius 3 is 2.42 bits per heavy atom. The summed E-state index contributed by atoms with van der Waals surface area (Å²) in [4.78, 5) is 0. The quantitative estimate of drug-likeness (QED) is 0.661. The van der Waals surface area contributed by atoms with E-state index >= 15 is 0 Å². The van der Waals surface area contributed by atoms with E-state index < -0.39 is 0 Å². The number of nitrogens with two attached hydrogens (primary N) is 2. The second-order valence-corrected chi connectivity index (χ2v) is 5.47. The summed E-state index contributed by atoms with van der Waals surface area (Å²) in [6.45, 7) is 9.24. The molecule has 0 amide bonds. The highest BCUT2D eigenvalue weighted by atomic mass is 16.5. The van der Waals surface area contributed by atoms with Crippen LogP contribution in [0.4, 0.5) is 0 Å². The maximum atomic E-state index is 5.79. The second-order valence-electron chi connectivity index (χ2n) is 5.47. The summed E-state index contributed by atoms with van der Waals surface area (Å²) in [6.07, 6.45) is 0. The van der Waals surface area contributed by atoms with E-state index in [2.05, 4.69) is 31.3 Å². The molecule has 0 aliphatic heterocycles. The number of hydrogen-bond donors (Lipinski definition) is 3. The number of hydrogen-bond acceptors (Lipinski definition) is 4. The molecular formula is C15H27N3O. The van der Waals surface area contributed by atoms with Gasteiger partial charge in [0.05, 0.1) is 6.61 Å². The van der Waals surface area contributed by atoms with Gasteiger partial charge in [-0.25, -0.2) is 0 Å². The summed E-state index contributed by atoms with van der Waals surface area (Å²) < 4.78 is 5.45. The van der Waals surface area contributed by atoms with Gasteiger partial charge in [-0.05, 0) is 24.6 Å². The van der Waals surface area contributed by atoms with Crippen LogP contribution in [0.1, 0.15) is 26.3 Å². The third-order valence-corrected chi connectivity index (χ3v) is 3.22. The van der Waals surface area contributed by atoms with Gasteiger partial charge in [0.25, 0.3) is 0 Å². The molecule has 0 saturated heterocycles. The first-order valence-electron chi connectivity index (χ1n) is 6.89. The van der Waals surface area contributed by atoms with Crippen molar-refractivity contribution in [2.45, 2.75) is 32.2 Å². The van der Waals surface area contributed by atoms with Gasteiger partial charge < -0.3 is 21.5 Å². The highest BCUT2D eigenvalue weighted by Gasteiger charge is 2.20. The molecule has 1 unspecified atom stereocenters. The van der Waals surface area contributed by atoms with Crippen LogP contribution in [0.2, 0.25) is 0 Å². The van der Waals surface area contributed by atoms with Crippen LogP contribution in [0.3, 0.4) is 0 Å². The minimum atomic E-state index is 0.0242. The molecule has 0 saturated carbocycles. The van der Waals surface area contributed by atoms with Crippen molar-refractivity contribution in [1.82, 2.24) is 5.32 Å². The predicted octanol–water partition coefficient (Wildman–Crippen LogP) is 1.24. The number of nitrogens with one attached hydrogen (secondary N) is 1. The zero-order valence-corrected chi connectivity index (χ0v) is 12.3. The predicted molar refractivity (Wildman–Crippen MR) is 80.5 cm³/mol. The molecule has 0 fully saturated rings. The standard InChI is InChI=1S/C15H27N3O/c1-4-19-14-7-5-12(6-8-14)15(2,3)11-18-10-13(17)9-16/h5-8,13,18H,4,9-11,16-17H2,1-3H3. The first-order valence-corrected chi connectivity index (χ1v) is 6.89. The molecule has 4 nitrogen and oxygen atoms in total. The third kappa shape index (κ3) is 5.19. The molecule has 0 aromatic heterocycles. The molecule has 1 aromatic carbocycles. The van der Waals surface area contributed by atoms with Gasteiger partial charge in [-0.15, -0.1) is 0 Å². The van der Waals surface area contributed by atoms with Crippen LogP contribution in [-0.2, 0) is 5.41 Å². The Bertz CT molecular complexity index is 362. The lowest BCUT2D eigenvalue weighted by Gasteiger charge is -2.26. The zero-order chi connectivity index (χ0) is 14.3. The number of rotatable bonds is 8. The van der Waals surface area contributed by atoms with E-state index in [0.717, 1.165) is 18.8 Å². The van der Waals surface area contributed by atoms with Crippen molar-refractivity contribution in [2.24, 2.45) is 11.5 Å². The van der Waals surface area contributed by atoms with Crippen molar-refractivity contribution in [2.75, 3.05) is 26.2 Å². The van der Waals surface area contributed by atoms with Crippen molar-refractivity contribution in [3.63, 3.8) is 0 Å². The highest BCUT2D eigenvalue weighted by Crippen LogP contribution is 2.24. The van der Waals surface area contributed by atoms with Crippen LogP contribution < -0.4 is 21.5 Å². The molecule has 0 aliphatic rings. The molecule has 0 bridgehead atoms. The summed E-state index contributed by atoms with van der Waals surface area (Å²) in [7, 11) is 0. The largest absolute Gasteiger partial charge is 0.494 e. The van der Waals surface area contributed by atoms with Gasteiger partial charge in [0.1, 0.15) is 5.75 Å². The van der Waals surface area contributed by atoms with Crippen LogP contribution in [0.25, 0.3) is 0 Å². The average molecular weight is 265 g/mol. The number of benzene rings is 1. The van der Waals surface area contributed by atoms with Gasteiger partial charge in [0.15, 0.2) is 0 Å². The molecule has 5 N–H and O–H groups in total. The molecule has 1 atom stereocenters. The highest BCUT2D eigenvalue weighted by molar-refractivity contribution is 5.31. The lowest BCUT2D eigenvalue weighted by Crippen LogP contribution is -2.43. The van der Waals surface area contributed by atoms with Crippen molar-refractivity contribution in [3.8, 4) is 5.75 Å². The fourth-order valence-corrected chi connectivity index (χ4v) is 1.92. The van der Waals surface area contributed by atoms with E-state index in [1.807, 2.05) is 19.1 Å². The average Bonchev–Trinajstić information content (AvgIpc) is 2.39. The fraction of sp³-hybridized carbons (Fsp3) is 0.600. The molecule has 4 heteroatoms. The Morgan fingerprint density at radius 1 is 1.26 bits per heavy atom. The first-order chi connectivity index (χ1) is 8.99. The molecule has 0 radical (unpaired) electrons. The van der Waals surface area contributed by atoms with Gasteiger partial charge in [-0.2, -0.15) is 0 Å². The fourth-order valence-electron chi connectivity index (χ4n) is 1.92. The second kappa shape index (κ2) is 7.48. The summed E-state index contributed by atoms with van der Waals surface area (Å²) in [5.41, 5.74) is 12.6. The molecule has 1 rings (SSSR count). The van der Waals surface area contributed by atoms with Gasteiger partial charge in [-0.3, -0.25) is 0 Å². The van der Waals surface area contributed by atoms with Gasteiger partial charge in [0, 0.05) is 31.1 Å². The van der Waals surface area contributed by atoms with E-state index in [-0.39, 0.29) is 11.5 Å². The van der Waals surface area contributed by atoms with Gasteiger partial charge >= 0.3 is 0 Å². The normalized spacial score (nSPS) is 13.3.